The van der Waals surface area contributed by atoms with Crippen molar-refractivity contribution < 1.29 is 9.18 Å². The van der Waals surface area contributed by atoms with Gasteiger partial charge in [0.2, 0.25) is 5.91 Å². The van der Waals surface area contributed by atoms with Crippen molar-refractivity contribution in [3.05, 3.63) is 78.1 Å². The van der Waals surface area contributed by atoms with E-state index in [4.69, 9.17) is 4.98 Å². The zero-order valence-electron chi connectivity index (χ0n) is 18.4. The van der Waals surface area contributed by atoms with Crippen LogP contribution in [-0.2, 0) is 4.79 Å². The molecule has 0 saturated carbocycles. The highest BCUT2D eigenvalue weighted by Crippen LogP contribution is 2.31. The predicted molar refractivity (Wildman–Crippen MR) is 133 cm³/mol. The van der Waals surface area contributed by atoms with Crippen molar-refractivity contribution in [3.63, 3.8) is 0 Å². The van der Waals surface area contributed by atoms with E-state index in [0.29, 0.717) is 25.3 Å². The number of nitrogens with one attached hydrogen (secondary N) is 1. The zero-order chi connectivity index (χ0) is 22.8. The van der Waals surface area contributed by atoms with Crippen LogP contribution in [0.25, 0.3) is 20.8 Å². The molecule has 168 valence electrons. The van der Waals surface area contributed by atoms with Gasteiger partial charge in [0.25, 0.3) is 0 Å². The second-order valence-corrected chi connectivity index (χ2v) is 9.36. The number of rotatable bonds is 5. The first-order valence-electron chi connectivity index (χ1n) is 11.0. The topological polar surface area (TPSA) is 48.5 Å². The third-order valence-electron chi connectivity index (χ3n) is 5.89. The minimum atomic E-state index is -0.201. The molecule has 7 heteroatoms. The average molecular weight is 461 g/mol. The fourth-order valence-corrected chi connectivity index (χ4v) is 5.18. The lowest BCUT2D eigenvalue weighted by Crippen LogP contribution is -2.48. The summed E-state index contributed by atoms with van der Waals surface area (Å²) in [5, 5.41) is 3.96. The molecule has 2 heterocycles. The molecule has 0 radical (unpaired) electrons. The van der Waals surface area contributed by atoms with E-state index < -0.39 is 0 Å². The molecule has 5 nitrogen and oxygen atoms in total. The van der Waals surface area contributed by atoms with E-state index in [9.17, 15) is 9.18 Å². The Hall–Kier alpha value is -3.29. The summed E-state index contributed by atoms with van der Waals surface area (Å²) in [6, 6.07) is 20.9. The molecule has 0 aliphatic carbocycles. The van der Waals surface area contributed by atoms with Gasteiger partial charge in [-0.1, -0.05) is 18.2 Å². The molecule has 1 aliphatic heterocycles. The van der Waals surface area contributed by atoms with Gasteiger partial charge in [-0.05, 0) is 61.0 Å². The number of aromatic nitrogens is 1. The summed E-state index contributed by atoms with van der Waals surface area (Å²) in [5.41, 5.74) is 4.67. The van der Waals surface area contributed by atoms with Gasteiger partial charge in [0.1, 0.15) is 10.8 Å². The Morgan fingerprint density at radius 1 is 1.03 bits per heavy atom. The Morgan fingerprint density at radius 3 is 2.55 bits per heavy atom. The van der Waals surface area contributed by atoms with Crippen LogP contribution in [0.5, 0.6) is 0 Å². The van der Waals surface area contributed by atoms with Gasteiger partial charge in [-0.2, -0.15) is 0 Å². The fraction of sp³-hybridized carbons (Fsp3) is 0.231. The van der Waals surface area contributed by atoms with E-state index in [2.05, 4.69) is 35.3 Å². The van der Waals surface area contributed by atoms with Crippen LogP contribution in [0.4, 0.5) is 15.8 Å². The van der Waals surface area contributed by atoms with Crippen LogP contribution in [0.1, 0.15) is 5.56 Å². The molecular formula is C26H25FN4OS. The maximum absolute atomic E-state index is 14.0. The number of hydrogen-bond acceptors (Lipinski definition) is 5. The number of carbonyl (C=O) groups excluding carboxylic acids is 1. The highest BCUT2D eigenvalue weighted by molar-refractivity contribution is 7.21. The average Bonchev–Trinajstić information content (AvgIpc) is 3.24. The lowest BCUT2D eigenvalue weighted by atomic mass is 10.2. The zero-order valence-corrected chi connectivity index (χ0v) is 19.2. The number of thiazole rings is 1. The summed E-state index contributed by atoms with van der Waals surface area (Å²) in [6.45, 7) is 5.24. The normalized spacial score (nSPS) is 14.5. The molecule has 3 aromatic carbocycles. The first-order chi connectivity index (χ1) is 16.0. The number of fused-ring (bicyclic) bond motifs is 1. The minimum Gasteiger partial charge on any atom is -0.367 e. The SMILES string of the molecule is Cc1ccc2nc(-c3ccc(NC(=O)CN4CCN(c5ccccc5F)CC4)cc3)sc2c1. The van der Waals surface area contributed by atoms with Crippen LogP contribution < -0.4 is 10.2 Å². The third kappa shape index (κ3) is 4.89. The number of hydrogen-bond donors (Lipinski definition) is 1. The molecule has 5 rings (SSSR count). The fourth-order valence-electron chi connectivity index (χ4n) is 4.11. The summed E-state index contributed by atoms with van der Waals surface area (Å²) in [7, 11) is 0. The van der Waals surface area contributed by atoms with Crippen LogP contribution in [0.3, 0.4) is 0 Å². The quantitative estimate of drug-likeness (QED) is 0.446. The number of para-hydroxylation sites is 1. The summed E-state index contributed by atoms with van der Waals surface area (Å²) in [6.07, 6.45) is 0. The van der Waals surface area contributed by atoms with E-state index in [1.807, 2.05) is 35.2 Å². The Morgan fingerprint density at radius 2 is 1.79 bits per heavy atom. The number of carbonyl (C=O) groups is 1. The van der Waals surface area contributed by atoms with E-state index in [1.54, 1.807) is 23.5 Å². The van der Waals surface area contributed by atoms with Crippen molar-refractivity contribution in [2.24, 2.45) is 0 Å². The van der Waals surface area contributed by atoms with Crippen LogP contribution in [0, 0.1) is 12.7 Å². The third-order valence-corrected chi connectivity index (χ3v) is 6.96. The Bertz CT molecular complexity index is 1280. The van der Waals surface area contributed by atoms with Gasteiger partial charge in [-0.25, -0.2) is 9.37 Å². The van der Waals surface area contributed by atoms with Crippen molar-refractivity contribution in [3.8, 4) is 10.6 Å². The standard InChI is InChI=1S/C26H25FN4OS/c1-18-6-11-22-24(16-18)33-26(29-22)19-7-9-20(10-8-19)28-25(32)17-30-12-14-31(15-13-30)23-5-3-2-4-21(23)27/h2-11,16H,12-15,17H2,1H3,(H,28,32). The van der Waals surface area contributed by atoms with Crippen LogP contribution >= 0.6 is 11.3 Å². The summed E-state index contributed by atoms with van der Waals surface area (Å²) >= 11 is 1.67. The van der Waals surface area contributed by atoms with Crippen LogP contribution in [0.15, 0.2) is 66.7 Å². The van der Waals surface area contributed by atoms with Crippen molar-refractivity contribution in [2.45, 2.75) is 6.92 Å². The number of amides is 1. The van der Waals surface area contributed by atoms with E-state index in [-0.39, 0.29) is 11.7 Å². The lowest BCUT2D eigenvalue weighted by molar-refractivity contribution is -0.117. The Kier molecular flexibility index (Phi) is 6.07. The lowest BCUT2D eigenvalue weighted by Gasteiger charge is -2.35. The Balaban J connectivity index is 1.15. The number of piperazine rings is 1. The molecule has 1 N–H and O–H groups in total. The molecule has 1 aliphatic rings. The maximum Gasteiger partial charge on any atom is 0.238 e. The van der Waals surface area contributed by atoms with Crippen molar-refractivity contribution in [2.75, 3.05) is 42.9 Å². The first-order valence-corrected chi connectivity index (χ1v) is 11.9. The van der Waals surface area contributed by atoms with Gasteiger partial charge in [-0.15, -0.1) is 11.3 Å². The van der Waals surface area contributed by atoms with Gasteiger partial charge < -0.3 is 10.2 Å². The molecule has 0 bridgehead atoms. The number of anilines is 2. The molecular weight excluding hydrogens is 435 g/mol. The van der Waals surface area contributed by atoms with E-state index in [0.717, 1.165) is 34.9 Å². The van der Waals surface area contributed by atoms with Crippen molar-refractivity contribution in [1.29, 1.82) is 0 Å². The number of nitrogens with zero attached hydrogens (tertiary/aromatic N) is 3. The summed E-state index contributed by atoms with van der Waals surface area (Å²) in [4.78, 5) is 21.4. The molecule has 4 aromatic rings. The number of benzene rings is 3. The Labute approximate surface area is 196 Å². The maximum atomic E-state index is 14.0. The molecule has 0 unspecified atom stereocenters. The van der Waals surface area contributed by atoms with Crippen LogP contribution in [0.2, 0.25) is 0 Å². The molecule has 1 fully saturated rings. The van der Waals surface area contributed by atoms with E-state index >= 15 is 0 Å². The second kappa shape index (κ2) is 9.29. The summed E-state index contributed by atoms with van der Waals surface area (Å²) < 4.78 is 15.2. The summed E-state index contributed by atoms with van der Waals surface area (Å²) in [5.74, 6) is -0.245. The highest BCUT2D eigenvalue weighted by Gasteiger charge is 2.21. The second-order valence-electron chi connectivity index (χ2n) is 8.33. The molecule has 1 aromatic heterocycles. The minimum absolute atomic E-state index is 0.0439. The van der Waals surface area contributed by atoms with Gasteiger partial charge in [-0.3, -0.25) is 9.69 Å². The van der Waals surface area contributed by atoms with Crippen molar-refractivity contribution >= 4 is 38.8 Å². The molecule has 1 saturated heterocycles. The smallest absolute Gasteiger partial charge is 0.238 e. The molecule has 0 spiro atoms. The van der Waals surface area contributed by atoms with Gasteiger partial charge in [0.15, 0.2) is 0 Å². The first kappa shape index (κ1) is 21.6. The molecule has 0 atom stereocenters. The number of aryl methyl sites for hydroxylation is 1. The van der Waals surface area contributed by atoms with Crippen LogP contribution in [-0.4, -0.2) is 48.5 Å². The largest absolute Gasteiger partial charge is 0.367 e. The molecule has 33 heavy (non-hydrogen) atoms. The predicted octanol–water partition coefficient (Wildman–Crippen LogP) is 5.17. The monoisotopic (exact) mass is 460 g/mol. The molecule has 1 amide bonds. The van der Waals surface area contributed by atoms with Gasteiger partial charge in [0.05, 0.1) is 22.4 Å². The number of halogens is 1. The van der Waals surface area contributed by atoms with E-state index in [1.165, 1.54) is 16.3 Å². The highest BCUT2D eigenvalue weighted by atomic mass is 32.1. The van der Waals surface area contributed by atoms with Crippen molar-refractivity contribution in [1.82, 2.24) is 9.88 Å². The van der Waals surface area contributed by atoms with Gasteiger partial charge >= 0.3 is 0 Å². The van der Waals surface area contributed by atoms with Gasteiger partial charge in [0, 0.05) is 37.4 Å².